The fraction of sp³-hybridized carbons (Fsp3) is 0.340. The van der Waals surface area contributed by atoms with Crippen LogP contribution in [0.2, 0.25) is 0 Å². The summed E-state index contributed by atoms with van der Waals surface area (Å²) < 4.78 is 18.4. The number of nitrogens with zero attached hydrogens (tertiary/aromatic N) is 10. The van der Waals surface area contributed by atoms with Gasteiger partial charge in [-0.15, -0.1) is 0 Å². The van der Waals surface area contributed by atoms with Gasteiger partial charge >= 0.3 is 5.97 Å². The lowest BCUT2D eigenvalue weighted by atomic mass is 10.1. The average molecular weight is 962 g/mol. The van der Waals surface area contributed by atoms with Crippen LogP contribution in [0, 0.1) is 13.8 Å². The number of fused-ring (bicyclic) bond motifs is 2. The molecule has 0 aliphatic heterocycles. The molecular formula is C47H55N13O10. The van der Waals surface area contributed by atoms with Gasteiger partial charge in [0.15, 0.2) is 0 Å². The highest BCUT2D eigenvalue weighted by molar-refractivity contribution is 6.05. The highest BCUT2D eigenvalue weighted by Crippen LogP contribution is 2.33. The Balaban J connectivity index is 1.32. The Hall–Kier alpha value is -8.63. The number of carboxylic acid groups (broad SMARTS) is 1. The van der Waals surface area contributed by atoms with E-state index in [-0.39, 0.29) is 96.4 Å². The number of anilines is 2. The number of hydrogen-bond acceptors (Lipinski definition) is 13. The van der Waals surface area contributed by atoms with E-state index in [2.05, 4.69) is 25.8 Å². The van der Waals surface area contributed by atoms with Crippen LogP contribution >= 0.6 is 0 Å². The zero-order valence-electron chi connectivity index (χ0n) is 39.9. The summed E-state index contributed by atoms with van der Waals surface area (Å²) in [6.45, 7) is 8.74. The van der Waals surface area contributed by atoms with E-state index >= 15 is 0 Å². The van der Waals surface area contributed by atoms with E-state index in [1.807, 2.05) is 13.8 Å². The van der Waals surface area contributed by atoms with Gasteiger partial charge in [0, 0.05) is 71.4 Å². The van der Waals surface area contributed by atoms with Crippen molar-refractivity contribution in [2.45, 2.75) is 66.7 Å². The van der Waals surface area contributed by atoms with Crippen LogP contribution in [0.15, 0.2) is 60.7 Å². The molecule has 368 valence electrons. The van der Waals surface area contributed by atoms with Gasteiger partial charge in [0.1, 0.15) is 40.2 Å². The molecule has 23 heteroatoms. The number of carbonyl (C=O) groups excluding carboxylic acids is 6. The number of ether oxygens (including phenoxy) is 2. The van der Waals surface area contributed by atoms with Gasteiger partial charge in [-0.2, -0.15) is 10.2 Å². The molecule has 0 spiro atoms. The second-order valence-corrected chi connectivity index (χ2v) is 16.0. The first-order valence-electron chi connectivity index (χ1n) is 22.2. The SMILES string of the molecule is CCn1nc(C)cc1C(=O)Nc1nc2cc(C(=O)O)cc(OC)c2n1C/C=C/Cn1c(NC(=O)c2cc(C)nn2CC)nc2cc(C(N)=O)cc(OCCCN(C)C(=O)CCN(C)C(=O)/C=C\C=O)c21. The molecule has 0 fully saturated rings. The number of aryl methyl sites for hydroxylation is 4. The molecule has 0 radical (unpaired) electrons. The topological polar surface area (TPSA) is 286 Å². The minimum absolute atomic E-state index is 0.0486. The maximum Gasteiger partial charge on any atom is 0.335 e. The number of aromatic carboxylic acids is 1. The average Bonchev–Trinajstić information content (AvgIpc) is 4.11. The van der Waals surface area contributed by atoms with Crippen LogP contribution < -0.4 is 25.8 Å². The van der Waals surface area contributed by atoms with Gasteiger partial charge in [-0.05, 0) is 76.6 Å². The van der Waals surface area contributed by atoms with Gasteiger partial charge in [-0.3, -0.25) is 48.8 Å². The third kappa shape index (κ3) is 11.5. The standard InChI is InChI=1S/C47H55N13O10/c1-8-59-34(22-28(3)53-59)43(65)51-46-50-33-25-31(45(67)68)27-36(69-7)40(33)57(46)17-10-11-18-58-41-32(49-47(58)52-44(66)35-23-29(4)54-60(35)9-2)24-30(42(48)64)26-37(41)70-21-13-16-55(5)39(63)15-19-56(6)38(62)14-12-20-61/h10-12,14,20,22-27H,8-9,13,15-19,21H2,1-7H3,(H2,48,64)(H,67,68)(H,49,52,66)(H,50,51,65)/b11-10+,14-12-. The molecule has 2 aromatic carbocycles. The zero-order chi connectivity index (χ0) is 50.8. The first-order chi connectivity index (χ1) is 33.5. The number of nitrogens with one attached hydrogen (secondary N) is 2. The Labute approximate surface area is 401 Å². The minimum atomic E-state index is -1.20. The van der Waals surface area contributed by atoms with Crippen LogP contribution in [0.1, 0.15) is 79.8 Å². The molecule has 0 saturated heterocycles. The summed E-state index contributed by atoms with van der Waals surface area (Å²) in [6, 6.07) is 9.01. The van der Waals surface area contributed by atoms with Crippen LogP contribution in [-0.2, 0) is 40.6 Å². The summed E-state index contributed by atoms with van der Waals surface area (Å²) in [5.74, 6) is -2.96. The number of methoxy groups -OCH3 is 1. The number of carbonyl (C=O) groups is 7. The van der Waals surface area contributed by atoms with Gasteiger partial charge in [0.25, 0.3) is 11.8 Å². The third-order valence-electron chi connectivity index (χ3n) is 11.1. The number of rotatable bonds is 23. The number of aromatic nitrogens is 8. The van der Waals surface area contributed by atoms with Gasteiger partial charge in [0.2, 0.25) is 29.6 Å². The summed E-state index contributed by atoms with van der Waals surface area (Å²) in [4.78, 5) is 100. The molecule has 0 atom stereocenters. The largest absolute Gasteiger partial charge is 0.494 e. The number of carboxylic acids is 1. The second kappa shape index (κ2) is 22.4. The van der Waals surface area contributed by atoms with E-state index in [1.54, 1.807) is 63.7 Å². The van der Waals surface area contributed by atoms with E-state index in [4.69, 9.17) is 20.2 Å². The fourth-order valence-electron chi connectivity index (χ4n) is 7.59. The summed E-state index contributed by atoms with van der Waals surface area (Å²) in [5, 5.41) is 24.4. The second-order valence-electron chi connectivity index (χ2n) is 16.0. The molecule has 0 unspecified atom stereocenters. The van der Waals surface area contributed by atoms with Crippen LogP contribution in [0.4, 0.5) is 11.9 Å². The van der Waals surface area contributed by atoms with E-state index in [9.17, 15) is 38.7 Å². The van der Waals surface area contributed by atoms with Crippen molar-refractivity contribution >= 4 is 75.8 Å². The van der Waals surface area contributed by atoms with Crippen molar-refractivity contribution in [1.82, 2.24) is 48.5 Å². The normalized spacial score (nSPS) is 11.4. The van der Waals surface area contributed by atoms with E-state index in [1.165, 1.54) is 48.2 Å². The Kier molecular flexibility index (Phi) is 16.3. The Morgan fingerprint density at radius 3 is 1.79 bits per heavy atom. The zero-order valence-corrected chi connectivity index (χ0v) is 39.9. The first-order valence-corrected chi connectivity index (χ1v) is 22.2. The third-order valence-corrected chi connectivity index (χ3v) is 11.1. The van der Waals surface area contributed by atoms with Crippen molar-refractivity contribution in [3.05, 3.63) is 94.6 Å². The number of nitrogens with two attached hydrogens (primary N) is 1. The Morgan fingerprint density at radius 2 is 1.29 bits per heavy atom. The number of benzene rings is 2. The molecular weight excluding hydrogens is 907 g/mol. The summed E-state index contributed by atoms with van der Waals surface area (Å²) in [5.41, 5.74) is 8.97. The number of aldehydes is 1. The maximum absolute atomic E-state index is 13.9. The highest BCUT2D eigenvalue weighted by Gasteiger charge is 2.24. The van der Waals surface area contributed by atoms with Crippen LogP contribution in [0.3, 0.4) is 0 Å². The molecule has 6 aromatic rings. The van der Waals surface area contributed by atoms with Gasteiger partial charge < -0.3 is 39.2 Å². The smallest absolute Gasteiger partial charge is 0.335 e. The molecule has 5 N–H and O–H groups in total. The van der Waals surface area contributed by atoms with E-state index < -0.39 is 29.6 Å². The maximum atomic E-state index is 13.9. The predicted octanol–water partition coefficient (Wildman–Crippen LogP) is 3.83. The summed E-state index contributed by atoms with van der Waals surface area (Å²) >= 11 is 0. The van der Waals surface area contributed by atoms with Gasteiger partial charge in [-0.25, -0.2) is 14.8 Å². The molecule has 70 heavy (non-hydrogen) atoms. The lowest BCUT2D eigenvalue weighted by molar-refractivity contribution is -0.131. The summed E-state index contributed by atoms with van der Waals surface area (Å²) in [6.07, 6.45) is 6.65. The van der Waals surface area contributed by atoms with E-state index in [0.717, 1.165) is 12.2 Å². The van der Waals surface area contributed by atoms with Crippen molar-refractivity contribution in [3.8, 4) is 11.5 Å². The quantitative estimate of drug-likeness (QED) is 0.0307. The number of hydrogen-bond donors (Lipinski definition) is 4. The first kappa shape index (κ1) is 50.8. The predicted molar refractivity (Wildman–Crippen MR) is 257 cm³/mol. The van der Waals surface area contributed by atoms with Crippen LogP contribution in [0.5, 0.6) is 11.5 Å². The lowest BCUT2D eigenvalue weighted by Crippen LogP contribution is -2.33. The van der Waals surface area contributed by atoms with Gasteiger partial charge in [0.05, 0.1) is 41.7 Å². The Morgan fingerprint density at radius 1 is 0.757 bits per heavy atom. The lowest BCUT2D eigenvalue weighted by Gasteiger charge is -2.20. The van der Waals surface area contributed by atoms with Crippen molar-refractivity contribution in [2.24, 2.45) is 5.73 Å². The number of likely N-dealkylation sites (N-methyl/N-ethyl adjacent to an activating group) is 1. The van der Waals surface area contributed by atoms with Crippen LogP contribution in [0.25, 0.3) is 22.1 Å². The van der Waals surface area contributed by atoms with Crippen molar-refractivity contribution in [1.29, 1.82) is 0 Å². The number of primary amides is 1. The molecule has 0 saturated carbocycles. The molecule has 6 rings (SSSR count). The monoisotopic (exact) mass is 961 g/mol. The fourth-order valence-corrected chi connectivity index (χ4v) is 7.59. The van der Waals surface area contributed by atoms with Gasteiger partial charge in [-0.1, -0.05) is 12.2 Å². The number of amides is 5. The highest BCUT2D eigenvalue weighted by atomic mass is 16.5. The molecule has 5 amide bonds. The summed E-state index contributed by atoms with van der Waals surface area (Å²) in [7, 11) is 4.55. The molecule has 0 aliphatic carbocycles. The molecule has 4 aromatic heterocycles. The molecule has 0 bridgehead atoms. The molecule has 23 nitrogen and oxygen atoms in total. The molecule has 4 heterocycles. The minimum Gasteiger partial charge on any atom is -0.494 e. The van der Waals surface area contributed by atoms with E-state index in [0.29, 0.717) is 53.9 Å². The molecule has 0 aliphatic rings. The van der Waals surface area contributed by atoms with Crippen molar-refractivity contribution < 1.29 is 48.1 Å². The van der Waals surface area contributed by atoms with Crippen molar-refractivity contribution in [3.63, 3.8) is 0 Å². The number of imidazole rings is 2. The number of allylic oxidation sites excluding steroid dienone is 3. The Bertz CT molecular complexity index is 3050. The van der Waals surface area contributed by atoms with Crippen molar-refractivity contribution in [2.75, 3.05) is 51.5 Å². The van der Waals surface area contributed by atoms with Crippen LogP contribution in [-0.4, -0.2) is 136 Å².